The number of nitrogens with one attached hydrogen (secondary N) is 1. The van der Waals surface area contributed by atoms with Crippen molar-refractivity contribution in [1.29, 1.82) is 0 Å². The summed E-state index contributed by atoms with van der Waals surface area (Å²) in [4.78, 5) is 14.9. The first-order valence-electron chi connectivity index (χ1n) is 7.98. The number of fused-ring (bicyclic) bond motifs is 1. The molecule has 25 heavy (non-hydrogen) atoms. The fraction of sp³-hybridized carbons (Fsp3) is 0.211. The van der Waals surface area contributed by atoms with Gasteiger partial charge in [0.05, 0.1) is 5.02 Å². The van der Waals surface area contributed by atoms with E-state index in [1.807, 2.05) is 25.2 Å². The lowest BCUT2D eigenvalue weighted by Crippen LogP contribution is -2.27. The average molecular weight is 377 g/mol. The lowest BCUT2D eigenvalue weighted by molar-refractivity contribution is 0.0957. The highest BCUT2D eigenvalue weighted by Gasteiger charge is 2.17. The first-order chi connectivity index (χ1) is 12.1. The summed E-state index contributed by atoms with van der Waals surface area (Å²) in [6.07, 6.45) is 0.814. The molecule has 0 atom stereocenters. The third-order valence-electron chi connectivity index (χ3n) is 3.95. The molecule has 1 heterocycles. The Kier molecular flexibility index (Phi) is 5.56. The van der Waals surface area contributed by atoms with Crippen LogP contribution >= 0.6 is 22.9 Å². The van der Waals surface area contributed by atoms with Gasteiger partial charge >= 0.3 is 0 Å². The fourth-order valence-electron chi connectivity index (χ4n) is 2.60. The minimum atomic E-state index is -0.332. The molecule has 0 aliphatic carbocycles. The quantitative estimate of drug-likeness (QED) is 0.617. The fourth-order valence-corrected chi connectivity index (χ4v) is 4.05. The third-order valence-corrected chi connectivity index (χ3v) is 5.61. The van der Waals surface area contributed by atoms with Gasteiger partial charge in [-0.25, -0.2) is 4.39 Å². The highest BCUT2D eigenvalue weighted by molar-refractivity contribution is 7.21. The van der Waals surface area contributed by atoms with E-state index in [-0.39, 0.29) is 11.7 Å². The predicted octanol–water partition coefficient (Wildman–Crippen LogP) is 4.95. The molecule has 6 heteroatoms. The number of thiophene rings is 1. The van der Waals surface area contributed by atoms with Crippen LogP contribution in [0.5, 0.6) is 0 Å². The number of nitrogens with zero attached hydrogens (tertiary/aromatic N) is 1. The van der Waals surface area contributed by atoms with Crippen molar-refractivity contribution >= 4 is 44.6 Å². The Morgan fingerprint density at radius 2 is 2.00 bits per heavy atom. The smallest absolute Gasteiger partial charge is 0.262 e. The van der Waals surface area contributed by atoms with Crippen LogP contribution in [0.25, 0.3) is 10.1 Å². The van der Waals surface area contributed by atoms with E-state index in [1.54, 1.807) is 6.07 Å². The van der Waals surface area contributed by atoms with Crippen LogP contribution < -0.4 is 10.2 Å². The second-order valence-corrected chi connectivity index (χ2v) is 7.18. The maximum absolute atomic E-state index is 13.3. The summed E-state index contributed by atoms with van der Waals surface area (Å²) in [6.45, 7) is 1.38. The van der Waals surface area contributed by atoms with E-state index in [2.05, 4.69) is 22.3 Å². The van der Waals surface area contributed by atoms with Crippen molar-refractivity contribution in [1.82, 2.24) is 5.32 Å². The zero-order chi connectivity index (χ0) is 17.8. The summed E-state index contributed by atoms with van der Waals surface area (Å²) in [5.41, 5.74) is 1.14. The molecule has 1 aromatic heterocycles. The Morgan fingerprint density at radius 3 is 2.76 bits per heavy atom. The van der Waals surface area contributed by atoms with Crippen molar-refractivity contribution in [2.75, 3.05) is 25.0 Å². The lowest BCUT2D eigenvalue weighted by Gasteiger charge is -2.19. The van der Waals surface area contributed by atoms with Crippen LogP contribution in [0.3, 0.4) is 0 Å². The van der Waals surface area contributed by atoms with Gasteiger partial charge in [-0.15, -0.1) is 11.3 Å². The summed E-state index contributed by atoms with van der Waals surface area (Å²) < 4.78 is 14.0. The molecule has 2 aromatic carbocycles. The molecule has 0 aliphatic heterocycles. The second kappa shape index (κ2) is 7.85. The highest BCUT2D eigenvalue weighted by Crippen LogP contribution is 2.35. The SMILES string of the molecule is CN(CCCNC(=O)c1sc2cc(F)ccc2c1Cl)c1ccccc1. The normalized spacial score (nSPS) is 10.8. The number of carbonyl (C=O) groups is 1. The van der Waals surface area contributed by atoms with Crippen molar-refractivity contribution < 1.29 is 9.18 Å². The summed E-state index contributed by atoms with van der Waals surface area (Å²) in [7, 11) is 2.02. The molecule has 0 bridgehead atoms. The molecule has 0 fully saturated rings. The molecule has 1 amide bonds. The molecule has 0 spiro atoms. The number of rotatable bonds is 6. The van der Waals surface area contributed by atoms with Gasteiger partial charge in [0.1, 0.15) is 10.7 Å². The standard InChI is InChI=1S/C19H18ClFN2OS/c1-23(14-6-3-2-4-7-14)11-5-10-22-19(24)18-17(20)15-9-8-13(21)12-16(15)25-18/h2-4,6-9,12H,5,10-11H2,1H3,(H,22,24). The van der Waals surface area contributed by atoms with Crippen molar-refractivity contribution in [3.63, 3.8) is 0 Å². The minimum absolute atomic E-state index is 0.214. The van der Waals surface area contributed by atoms with Crippen molar-refractivity contribution in [3.05, 3.63) is 64.2 Å². The lowest BCUT2D eigenvalue weighted by atomic mass is 10.2. The van der Waals surface area contributed by atoms with Crippen molar-refractivity contribution in [2.24, 2.45) is 0 Å². The zero-order valence-electron chi connectivity index (χ0n) is 13.8. The maximum atomic E-state index is 13.3. The summed E-state index contributed by atoms with van der Waals surface area (Å²) >= 11 is 7.48. The number of para-hydroxylation sites is 1. The Hall–Kier alpha value is -2.11. The first kappa shape index (κ1) is 17.7. The topological polar surface area (TPSA) is 32.3 Å². The highest BCUT2D eigenvalue weighted by atomic mass is 35.5. The van der Waals surface area contributed by atoms with Crippen LogP contribution in [0.15, 0.2) is 48.5 Å². The molecule has 0 aliphatic rings. The number of hydrogen-bond donors (Lipinski definition) is 1. The van der Waals surface area contributed by atoms with Gasteiger partial charge in [0, 0.05) is 35.9 Å². The van der Waals surface area contributed by atoms with E-state index in [0.29, 0.717) is 26.5 Å². The van der Waals surface area contributed by atoms with Gasteiger partial charge in [-0.05, 0) is 36.8 Å². The van der Waals surface area contributed by atoms with Crippen LogP contribution in [-0.4, -0.2) is 26.0 Å². The van der Waals surface area contributed by atoms with E-state index in [0.717, 1.165) is 18.7 Å². The Morgan fingerprint density at radius 1 is 1.24 bits per heavy atom. The van der Waals surface area contributed by atoms with Crippen LogP contribution in [-0.2, 0) is 0 Å². The van der Waals surface area contributed by atoms with Gasteiger partial charge in [-0.2, -0.15) is 0 Å². The zero-order valence-corrected chi connectivity index (χ0v) is 15.3. The van der Waals surface area contributed by atoms with E-state index >= 15 is 0 Å². The third kappa shape index (κ3) is 4.11. The number of benzene rings is 2. The molecule has 3 nitrogen and oxygen atoms in total. The summed E-state index contributed by atoms with van der Waals surface area (Å²) in [5.74, 6) is -0.546. The molecule has 0 saturated heterocycles. The van der Waals surface area contributed by atoms with Gasteiger partial charge < -0.3 is 10.2 Å². The molecule has 130 valence electrons. The molecule has 1 N–H and O–H groups in total. The van der Waals surface area contributed by atoms with Gasteiger partial charge in [0.15, 0.2) is 0 Å². The first-order valence-corrected chi connectivity index (χ1v) is 9.17. The van der Waals surface area contributed by atoms with Gasteiger partial charge in [-0.1, -0.05) is 29.8 Å². The van der Waals surface area contributed by atoms with E-state index in [4.69, 9.17) is 11.6 Å². The van der Waals surface area contributed by atoms with E-state index < -0.39 is 0 Å². The van der Waals surface area contributed by atoms with Crippen LogP contribution in [0.1, 0.15) is 16.1 Å². The molecule has 0 saturated carbocycles. The van der Waals surface area contributed by atoms with Crippen molar-refractivity contribution in [2.45, 2.75) is 6.42 Å². The number of amides is 1. The Balaban J connectivity index is 1.55. The molecule has 0 radical (unpaired) electrons. The number of hydrogen-bond acceptors (Lipinski definition) is 3. The maximum Gasteiger partial charge on any atom is 0.262 e. The van der Waals surface area contributed by atoms with Crippen LogP contribution in [0, 0.1) is 5.82 Å². The van der Waals surface area contributed by atoms with Crippen LogP contribution in [0.2, 0.25) is 5.02 Å². The Labute approximate surface area is 155 Å². The largest absolute Gasteiger partial charge is 0.375 e. The monoisotopic (exact) mass is 376 g/mol. The average Bonchev–Trinajstić information content (AvgIpc) is 2.95. The summed E-state index contributed by atoms with van der Waals surface area (Å²) in [5, 5.41) is 3.99. The number of anilines is 1. The molecule has 3 aromatic rings. The molecular weight excluding hydrogens is 359 g/mol. The predicted molar refractivity (Wildman–Crippen MR) is 103 cm³/mol. The summed E-state index contributed by atoms with van der Waals surface area (Å²) in [6, 6.07) is 14.4. The van der Waals surface area contributed by atoms with Crippen molar-refractivity contribution in [3.8, 4) is 0 Å². The minimum Gasteiger partial charge on any atom is -0.375 e. The van der Waals surface area contributed by atoms with E-state index in [9.17, 15) is 9.18 Å². The van der Waals surface area contributed by atoms with E-state index in [1.165, 1.54) is 23.5 Å². The Bertz CT molecular complexity index is 882. The molecule has 3 rings (SSSR count). The van der Waals surface area contributed by atoms with Crippen LogP contribution in [0.4, 0.5) is 10.1 Å². The van der Waals surface area contributed by atoms with Gasteiger partial charge in [0.25, 0.3) is 5.91 Å². The molecular formula is C19H18ClFN2OS. The molecule has 0 unspecified atom stereocenters. The second-order valence-electron chi connectivity index (χ2n) is 5.75. The number of halogens is 2. The number of carbonyl (C=O) groups excluding carboxylic acids is 1. The van der Waals surface area contributed by atoms with Gasteiger partial charge in [-0.3, -0.25) is 4.79 Å². The van der Waals surface area contributed by atoms with Gasteiger partial charge in [0.2, 0.25) is 0 Å².